The molecule has 0 aromatic heterocycles. The molecule has 0 radical (unpaired) electrons. The minimum Gasteiger partial charge on any atom is -0.416 e. The minimum absolute atomic E-state index is 0.0495. The molecule has 1 fully saturated rings. The summed E-state index contributed by atoms with van der Waals surface area (Å²) in [6, 6.07) is 0. The summed E-state index contributed by atoms with van der Waals surface area (Å²) in [7, 11) is -1.84. The first-order chi connectivity index (χ1) is 10.9. The lowest BCUT2D eigenvalue weighted by Crippen LogP contribution is -2.47. The van der Waals surface area contributed by atoms with Crippen LogP contribution in [0.1, 0.15) is 34.6 Å². The molecule has 2 N–H and O–H groups in total. The van der Waals surface area contributed by atoms with E-state index in [1.807, 2.05) is 19.9 Å². The van der Waals surface area contributed by atoms with Gasteiger partial charge in [0, 0.05) is 25.6 Å². The molecule has 1 heterocycles. The highest BCUT2D eigenvalue weighted by Gasteiger charge is 2.46. The minimum atomic E-state index is -1.84. The van der Waals surface area contributed by atoms with Crippen LogP contribution in [0, 0.1) is 5.92 Å². The lowest BCUT2D eigenvalue weighted by molar-refractivity contribution is -0.153. The van der Waals surface area contributed by atoms with Crippen molar-refractivity contribution in [3.63, 3.8) is 0 Å². The molecule has 24 heavy (non-hydrogen) atoms. The molecule has 1 aliphatic rings. The Labute approximate surface area is 148 Å². The molecule has 3 atom stereocenters. The van der Waals surface area contributed by atoms with Gasteiger partial charge in [-0.1, -0.05) is 26.8 Å². The van der Waals surface area contributed by atoms with Gasteiger partial charge in [0.2, 0.25) is 0 Å². The van der Waals surface area contributed by atoms with Crippen LogP contribution in [0.2, 0.25) is 18.1 Å². The molecule has 0 spiro atoms. The molecule has 0 saturated carbocycles. The van der Waals surface area contributed by atoms with E-state index in [2.05, 4.69) is 45.8 Å². The smallest absolute Gasteiger partial charge is 0.191 e. The van der Waals surface area contributed by atoms with E-state index >= 15 is 0 Å². The molecule has 142 valence electrons. The summed E-state index contributed by atoms with van der Waals surface area (Å²) in [4.78, 5) is 0. The number of rotatable bonds is 9. The zero-order chi connectivity index (χ0) is 18.6. The van der Waals surface area contributed by atoms with Gasteiger partial charge >= 0.3 is 0 Å². The van der Waals surface area contributed by atoms with E-state index in [1.54, 1.807) is 0 Å². The second kappa shape index (κ2) is 8.43. The SMILES string of the molecule is C=CCNC[C@H](CO[Si](C)(C)C(C)(C)C)[C@@H]1OC(C)(C)O[C@@H]1CO. The largest absolute Gasteiger partial charge is 0.416 e. The van der Waals surface area contributed by atoms with Gasteiger partial charge < -0.3 is 24.3 Å². The van der Waals surface area contributed by atoms with E-state index in [0.29, 0.717) is 6.61 Å². The number of hydrogen-bond donors (Lipinski definition) is 2. The van der Waals surface area contributed by atoms with Crippen molar-refractivity contribution < 1.29 is 19.0 Å². The van der Waals surface area contributed by atoms with E-state index in [4.69, 9.17) is 13.9 Å². The predicted molar refractivity (Wildman–Crippen MR) is 101 cm³/mol. The fraction of sp³-hybridized carbons (Fsp3) is 0.889. The Hall–Kier alpha value is -0.243. The zero-order valence-corrected chi connectivity index (χ0v) is 17.5. The van der Waals surface area contributed by atoms with Crippen LogP contribution in [0.15, 0.2) is 12.7 Å². The maximum Gasteiger partial charge on any atom is 0.191 e. The monoisotopic (exact) mass is 359 g/mol. The highest BCUT2D eigenvalue weighted by Crippen LogP contribution is 2.38. The maximum atomic E-state index is 9.67. The number of nitrogens with one attached hydrogen (secondary N) is 1. The number of aliphatic hydroxyl groups is 1. The Morgan fingerprint density at radius 3 is 2.46 bits per heavy atom. The summed E-state index contributed by atoms with van der Waals surface area (Å²) >= 11 is 0. The molecule has 0 unspecified atom stereocenters. The van der Waals surface area contributed by atoms with Gasteiger partial charge in [-0.2, -0.15) is 0 Å². The Kier molecular flexibility index (Phi) is 7.65. The van der Waals surface area contributed by atoms with Crippen LogP contribution < -0.4 is 5.32 Å². The third-order valence-electron chi connectivity index (χ3n) is 5.03. The van der Waals surface area contributed by atoms with Gasteiger partial charge in [0.05, 0.1) is 12.7 Å². The first-order valence-electron chi connectivity index (χ1n) is 8.85. The Morgan fingerprint density at radius 2 is 1.96 bits per heavy atom. The van der Waals surface area contributed by atoms with Crippen molar-refractivity contribution in [1.29, 1.82) is 0 Å². The Morgan fingerprint density at radius 1 is 1.33 bits per heavy atom. The van der Waals surface area contributed by atoms with E-state index < -0.39 is 14.1 Å². The molecule has 0 amide bonds. The van der Waals surface area contributed by atoms with Gasteiger partial charge in [-0.05, 0) is 32.0 Å². The second-order valence-electron chi connectivity index (χ2n) is 8.60. The molecule has 0 aromatic carbocycles. The van der Waals surface area contributed by atoms with E-state index in [-0.39, 0.29) is 29.8 Å². The molecule has 0 aromatic rings. The molecule has 1 saturated heterocycles. The molecule has 1 aliphatic heterocycles. The number of aliphatic hydroxyl groups excluding tert-OH is 1. The highest BCUT2D eigenvalue weighted by molar-refractivity contribution is 6.74. The summed E-state index contributed by atoms with van der Waals surface area (Å²) in [6.07, 6.45) is 1.33. The molecule has 5 nitrogen and oxygen atoms in total. The summed E-state index contributed by atoms with van der Waals surface area (Å²) < 4.78 is 18.3. The van der Waals surface area contributed by atoms with E-state index in [9.17, 15) is 5.11 Å². The van der Waals surface area contributed by atoms with Gasteiger partial charge in [-0.15, -0.1) is 6.58 Å². The van der Waals surface area contributed by atoms with Crippen molar-refractivity contribution in [3.8, 4) is 0 Å². The topological polar surface area (TPSA) is 60.0 Å². The van der Waals surface area contributed by atoms with Gasteiger partial charge in [0.1, 0.15) is 6.10 Å². The van der Waals surface area contributed by atoms with Crippen LogP contribution in [-0.4, -0.2) is 57.7 Å². The van der Waals surface area contributed by atoms with Crippen LogP contribution in [0.5, 0.6) is 0 Å². The van der Waals surface area contributed by atoms with Crippen molar-refractivity contribution in [2.75, 3.05) is 26.3 Å². The summed E-state index contributed by atoms with van der Waals surface area (Å²) in [5.74, 6) is -0.566. The van der Waals surface area contributed by atoms with Crippen LogP contribution in [0.25, 0.3) is 0 Å². The number of hydrogen-bond acceptors (Lipinski definition) is 5. The zero-order valence-electron chi connectivity index (χ0n) is 16.5. The standard InChI is InChI=1S/C18H37NO4Si/c1-9-10-19-11-14(13-21-24(7,8)17(2,3)4)16-15(12-20)22-18(5,6)23-16/h9,14-16,19-20H,1,10-13H2,2-8H3/t14-,15-,16+/m1/s1. The third-order valence-corrected chi connectivity index (χ3v) is 9.53. The van der Waals surface area contributed by atoms with Gasteiger partial charge in [0.15, 0.2) is 14.1 Å². The average Bonchev–Trinajstić information content (AvgIpc) is 2.76. The fourth-order valence-electron chi connectivity index (χ4n) is 2.58. The van der Waals surface area contributed by atoms with Crippen molar-refractivity contribution in [2.45, 2.75) is 70.7 Å². The summed E-state index contributed by atoms with van der Waals surface area (Å²) in [6.45, 7) is 20.7. The first-order valence-corrected chi connectivity index (χ1v) is 11.8. The van der Waals surface area contributed by atoms with Crippen molar-refractivity contribution >= 4 is 8.32 Å². The second-order valence-corrected chi connectivity index (χ2v) is 13.4. The molecule has 1 rings (SSSR count). The van der Waals surface area contributed by atoms with E-state index in [0.717, 1.165) is 13.1 Å². The predicted octanol–water partition coefficient (Wildman–Crippen LogP) is 2.91. The molecule has 0 bridgehead atoms. The normalized spacial score (nSPS) is 25.7. The Bertz CT molecular complexity index is 406. The summed E-state index contributed by atoms with van der Waals surface area (Å²) in [5, 5.41) is 13.2. The maximum absolute atomic E-state index is 9.67. The number of ether oxygens (including phenoxy) is 2. The molecule has 6 heteroatoms. The van der Waals surface area contributed by atoms with Crippen molar-refractivity contribution in [2.24, 2.45) is 5.92 Å². The van der Waals surface area contributed by atoms with Gasteiger partial charge in [-0.25, -0.2) is 0 Å². The van der Waals surface area contributed by atoms with Gasteiger partial charge in [-0.3, -0.25) is 0 Å². The lowest BCUT2D eigenvalue weighted by Gasteiger charge is -2.38. The van der Waals surface area contributed by atoms with Crippen molar-refractivity contribution in [3.05, 3.63) is 12.7 Å². The average molecular weight is 360 g/mol. The fourth-order valence-corrected chi connectivity index (χ4v) is 3.64. The summed E-state index contributed by atoms with van der Waals surface area (Å²) in [5.41, 5.74) is 0. The first kappa shape index (κ1) is 21.8. The van der Waals surface area contributed by atoms with E-state index in [1.165, 1.54) is 0 Å². The lowest BCUT2D eigenvalue weighted by atomic mass is 9.99. The molecule has 0 aliphatic carbocycles. The van der Waals surface area contributed by atoms with Crippen LogP contribution in [0.4, 0.5) is 0 Å². The highest BCUT2D eigenvalue weighted by atomic mass is 28.4. The van der Waals surface area contributed by atoms with Crippen LogP contribution in [-0.2, 0) is 13.9 Å². The third kappa shape index (κ3) is 5.93. The van der Waals surface area contributed by atoms with Crippen LogP contribution in [0.3, 0.4) is 0 Å². The van der Waals surface area contributed by atoms with Gasteiger partial charge in [0.25, 0.3) is 0 Å². The quantitative estimate of drug-likeness (QED) is 0.377. The molecular weight excluding hydrogens is 322 g/mol. The molecular formula is C18H37NO4Si. The Balaban J connectivity index is 2.82. The van der Waals surface area contributed by atoms with Crippen molar-refractivity contribution in [1.82, 2.24) is 5.32 Å². The van der Waals surface area contributed by atoms with Crippen LogP contribution >= 0.6 is 0 Å².